The van der Waals surface area contributed by atoms with Crippen LogP contribution in [0.2, 0.25) is 0 Å². The molecule has 0 N–H and O–H groups in total. The maximum Gasteiger partial charge on any atom is 0.313 e. The van der Waals surface area contributed by atoms with Gasteiger partial charge >= 0.3 is 5.97 Å². The Labute approximate surface area is 120 Å². The number of hydrogen-bond acceptors (Lipinski definition) is 5. The molecular weight excluding hydrogens is 274 g/mol. The molecule has 5 heteroatoms. The second kappa shape index (κ2) is 5.17. The number of hydrogen-bond donors (Lipinski definition) is 0. The van der Waals surface area contributed by atoms with Crippen molar-refractivity contribution in [2.75, 3.05) is 0 Å². The molecule has 1 aromatic heterocycles. The number of nitrogens with zero attached hydrogens (tertiary/aromatic N) is 1. The lowest BCUT2D eigenvalue weighted by molar-refractivity contribution is -0.136. The summed E-state index contributed by atoms with van der Waals surface area (Å²) in [5, 5.41) is 0.582. The van der Waals surface area contributed by atoms with E-state index in [1.807, 2.05) is 37.3 Å². The average molecular weight is 287 g/mol. The monoisotopic (exact) mass is 287 g/mol. The summed E-state index contributed by atoms with van der Waals surface area (Å²) in [6.45, 7) is 1.96. The smallest absolute Gasteiger partial charge is 0.313 e. The molecule has 0 fully saturated rings. The van der Waals surface area contributed by atoms with Crippen molar-refractivity contribution in [3.05, 3.63) is 45.4 Å². The fraction of sp³-hybridized carbons (Fsp3) is 0.267. The summed E-state index contributed by atoms with van der Waals surface area (Å²) < 4.78 is 5.10. The Kier molecular flexibility index (Phi) is 3.36. The molecular formula is C15H13NO3S. The summed E-state index contributed by atoms with van der Waals surface area (Å²) >= 11 is 1.11. The molecule has 1 aliphatic rings. The van der Waals surface area contributed by atoms with Crippen LogP contribution in [0.5, 0.6) is 5.88 Å². The lowest BCUT2D eigenvalue weighted by Crippen LogP contribution is -2.25. The van der Waals surface area contributed by atoms with E-state index in [0.717, 1.165) is 23.3 Å². The first-order valence-electron chi connectivity index (χ1n) is 6.50. The number of aromatic nitrogens is 1. The highest BCUT2D eigenvalue weighted by atomic mass is 32.1. The van der Waals surface area contributed by atoms with Gasteiger partial charge in [0.15, 0.2) is 0 Å². The Morgan fingerprint density at radius 2 is 2.05 bits per heavy atom. The van der Waals surface area contributed by atoms with Crippen molar-refractivity contribution in [1.29, 1.82) is 0 Å². The van der Waals surface area contributed by atoms with Crippen LogP contribution in [0.4, 0.5) is 0 Å². The van der Waals surface area contributed by atoms with Crippen LogP contribution in [-0.4, -0.2) is 11.0 Å². The first-order chi connectivity index (χ1) is 9.69. The molecule has 4 nitrogen and oxygen atoms in total. The number of fused-ring (bicyclic) bond motifs is 1. The average Bonchev–Trinajstić information content (AvgIpc) is 2.46. The highest BCUT2D eigenvalue weighted by Gasteiger charge is 2.30. The largest absolute Gasteiger partial charge is 0.407 e. The molecule has 0 spiro atoms. The van der Waals surface area contributed by atoms with Gasteiger partial charge in [0, 0.05) is 11.5 Å². The van der Waals surface area contributed by atoms with E-state index in [1.165, 1.54) is 0 Å². The molecule has 0 saturated carbocycles. The Bertz CT molecular complexity index is 709. The minimum atomic E-state index is -0.313. The van der Waals surface area contributed by atoms with Crippen LogP contribution in [0.15, 0.2) is 35.1 Å². The van der Waals surface area contributed by atoms with E-state index in [-0.39, 0.29) is 28.9 Å². The Morgan fingerprint density at radius 1 is 1.30 bits per heavy atom. The second-order valence-corrected chi connectivity index (χ2v) is 5.64. The molecule has 0 radical (unpaired) electrons. The van der Waals surface area contributed by atoms with Gasteiger partial charge in [-0.15, -0.1) is 0 Å². The van der Waals surface area contributed by atoms with Gasteiger partial charge in [-0.2, -0.15) is 0 Å². The van der Waals surface area contributed by atoms with Crippen LogP contribution in [0.1, 0.15) is 31.2 Å². The number of rotatable bonds is 2. The van der Waals surface area contributed by atoms with Crippen molar-refractivity contribution < 1.29 is 9.53 Å². The van der Waals surface area contributed by atoms with E-state index in [2.05, 4.69) is 4.98 Å². The molecule has 0 aliphatic carbocycles. The Balaban J connectivity index is 2.15. The fourth-order valence-corrected chi connectivity index (χ4v) is 3.25. The standard InChI is InChI=1S/C15H13NO3S/c1-2-9-8-11(17)19-13-12(9)15(18)20-14(16-13)10-6-4-3-5-7-10/h3-7,9H,2,8H2,1H3. The maximum atomic E-state index is 12.3. The van der Waals surface area contributed by atoms with Gasteiger partial charge in [0.1, 0.15) is 5.01 Å². The molecule has 0 amide bonds. The van der Waals surface area contributed by atoms with Crippen molar-refractivity contribution in [2.24, 2.45) is 0 Å². The molecule has 0 bridgehead atoms. The van der Waals surface area contributed by atoms with Gasteiger partial charge in [-0.1, -0.05) is 48.6 Å². The van der Waals surface area contributed by atoms with E-state index in [9.17, 15) is 9.59 Å². The number of carbonyl (C=O) groups is 1. The van der Waals surface area contributed by atoms with Crippen LogP contribution in [-0.2, 0) is 4.79 Å². The molecule has 2 aromatic rings. The van der Waals surface area contributed by atoms with Gasteiger partial charge < -0.3 is 4.74 Å². The van der Waals surface area contributed by atoms with Gasteiger partial charge in [0.05, 0.1) is 12.0 Å². The second-order valence-electron chi connectivity index (χ2n) is 4.67. The third-order valence-electron chi connectivity index (χ3n) is 3.39. The predicted molar refractivity (Wildman–Crippen MR) is 77.1 cm³/mol. The maximum absolute atomic E-state index is 12.3. The summed E-state index contributed by atoms with van der Waals surface area (Å²) in [6.07, 6.45) is 0.994. The highest BCUT2D eigenvalue weighted by Crippen LogP contribution is 2.35. The summed E-state index contributed by atoms with van der Waals surface area (Å²) in [6, 6.07) is 9.43. The van der Waals surface area contributed by atoms with E-state index < -0.39 is 0 Å². The van der Waals surface area contributed by atoms with Gasteiger partial charge in [-0.3, -0.25) is 9.59 Å². The minimum Gasteiger partial charge on any atom is -0.407 e. The quantitative estimate of drug-likeness (QED) is 0.797. The summed E-state index contributed by atoms with van der Waals surface area (Å²) in [5.41, 5.74) is 1.41. The van der Waals surface area contributed by atoms with E-state index in [4.69, 9.17) is 4.74 Å². The van der Waals surface area contributed by atoms with Gasteiger partial charge in [-0.25, -0.2) is 4.98 Å². The predicted octanol–water partition coefficient (Wildman–Crippen LogP) is 2.97. The van der Waals surface area contributed by atoms with Crippen molar-refractivity contribution in [3.63, 3.8) is 0 Å². The van der Waals surface area contributed by atoms with Crippen LogP contribution < -0.4 is 9.48 Å². The van der Waals surface area contributed by atoms with Gasteiger partial charge in [-0.05, 0) is 6.42 Å². The zero-order valence-electron chi connectivity index (χ0n) is 11.0. The molecule has 1 atom stereocenters. The first kappa shape index (κ1) is 13.0. The van der Waals surface area contributed by atoms with Gasteiger partial charge in [0.2, 0.25) is 10.6 Å². The normalized spacial score (nSPS) is 17.4. The van der Waals surface area contributed by atoms with Crippen LogP contribution in [0, 0.1) is 0 Å². The Morgan fingerprint density at radius 3 is 2.75 bits per heavy atom. The van der Waals surface area contributed by atoms with E-state index in [1.54, 1.807) is 0 Å². The molecule has 1 aliphatic heterocycles. The zero-order valence-corrected chi connectivity index (χ0v) is 11.8. The SMILES string of the molecule is CCC1CC(=O)Oc2nc(-c3ccccc3)sc(=O)c21. The molecule has 102 valence electrons. The number of benzene rings is 1. The van der Waals surface area contributed by atoms with Crippen molar-refractivity contribution >= 4 is 17.3 Å². The van der Waals surface area contributed by atoms with Crippen LogP contribution in [0.25, 0.3) is 10.6 Å². The lowest BCUT2D eigenvalue weighted by Gasteiger charge is -2.21. The van der Waals surface area contributed by atoms with Crippen LogP contribution in [0.3, 0.4) is 0 Å². The molecule has 0 saturated heterocycles. The summed E-state index contributed by atoms with van der Waals surface area (Å²) in [4.78, 5) is 28.3. The fourth-order valence-electron chi connectivity index (χ4n) is 2.33. The third kappa shape index (κ3) is 2.25. The summed E-state index contributed by atoms with van der Waals surface area (Å²) in [5.74, 6) is -0.200. The lowest BCUT2D eigenvalue weighted by atomic mass is 9.94. The molecule has 1 unspecified atom stereocenters. The summed E-state index contributed by atoms with van der Waals surface area (Å²) in [7, 11) is 0. The zero-order chi connectivity index (χ0) is 14.1. The Hall–Kier alpha value is -2.01. The molecule has 20 heavy (non-hydrogen) atoms. The highest BCUT2D eigenvalue weighted by molar-refractivity contribution is 7.12. The first-order valence-corrected chi connectivity index (χ1v) is 7.31. The number of ether oxygens (including phenoxy) is 1. The van der Waals surface area contributed by atoms with Gasteiger partial charge in [0.25, 0.3) is 0 Å². The number of carbonyl (C=O) groups excluding carboxylic acids is 1. The van der Waals surface area contributed by atoms with E-state index in [0.29, 0.717) is 10.6 Å². The number of esters is 1. The minimum absolute atomic E-state index is 0.0618. The van der Waals surface area contributed by atoms with Crippen LogP contribution >= 0.6 is 11.3 Å². The molecule has 1 aromatic carbocycles. The van der Waals surface area contributed by atoms with E-state index >= 15 is 0 Å². The molecule has 2 heterocycles. The van der Waals surface area contributed by atoms with Crippen molar-refractivity contribution in [1.82, 2.24) is 4.98 Å². The van der Waals surface area contributed by atoms with Crippen molar-refractivity contribution in [2.45, 2.75) is 25.7 Å². The topological polar surface area (TPSA) is 56.3 Å². The van der Waals surface area contributed by atoms with Crippen molar-refractivity contribution in [3.8, 4) is 16.5 Å². The third-order valence-corrected chi connectivity index (χ3v) is 4.31. The molecule has 3 rings (SSSR count).